The number of hydrogen-bond acceptors (Lipinski definition) is 4. The van der Waals surface area contributed by atoms with Gasteiger partial charge in [0.15, 0.2) is 0 Å². The van der Waals surface area contributed by atoms with Gasteiger partial charge in [-0.2, -0.15) is 0 Å². The fourth-order valence-electron chi connectivity index (χ4n) is 3.23. The Kier molecular flexibility index (Phi) is 4.34. The molecular weight excluding hydrogens is 252 g/mol. The van der Waals surface area contributed by atoms with Crippen molar-refractivity contribution in [3.8, 4) is 0 Å². The van der Waals surface area contributed by atoms with Crippen LogP contribution in [0.1, 0.15) is 36.8 Å². The zero-order valence-electron chi connectivity index (χ0n) is 12.2. The first kappa shape index (κ1) is 14.0. The highest BCUT2D eigenvalue weighted by atomic mass is 16.5. The van der Waals surface area contributed by atoms with Crippen molar-refractivity contribution in [1.29, 1.82) is 0 Å². The quantitative estimate of drug-likeness (QED) is 0.919. The molecule has 3 heterocycles. The molecule has 20 heavy (non-hydrogen) atoms. The lowest BCUT2D eigenvalue weighted by Crippen LogP contribution is -2.49. The topological polar surface area (TPSA) is 43.4 Å². The molecule has 0 radical (unpaired) electrons. The van der Waals surface area contributed by atoms with E-state index in [9.17, 15) is 0 Å². The molecule has 1 N–H and O–H groups in total. The predicted molar refractivity (Wildman–Crippen MR) is 77.6 cm³/mol. The molecular formula is C16H24N2O2. The minimum absolute atomic E-state index is 0.0676. The normalized spacial score (nSPS) is 25.8. The lowest BCUT2D eigenvalue weighted by Gasteiger charge is -2.43. The van der Waals surface area contributed by atoms with Gasteiger partial charge < -0.3 is 14.8 Å². The van der Waals surface area contributed by atoms with Gasteiger partial charge in [0.25, 0.3) is 0 Å². The molecule has 0 saturated carbocycles. The number of nitrogens with zero attached hydrogens (tertiary/aromatic N) is 1. The van der Waals surface area contributed by atoms with Crippen LogP contribution in [0.25, 0.3) is 0 Å². The molecule has 1 atom stereocenters. The maximum atomic E-state index is 6.08. The molecule has 1 unspecified atom stereocenters. The second-order valence-electron chi connectivity index (χ2n) is 6.02. The second-order valence-corrected chi connectivity index (χ2v) is 6.02. The van der Waals surface area contributed by atoms with Crippen LogP contribution in [0.5, 0.6) is 0 Å². The van der Waals surface area contributed by atoms with Crippen molar-refractivity contribution in [2.24, 2.45) is 0 Å². The van der Waals surface area contributed by atoms with E-state index in [1.54, 1.807) is 0 Å². The Labute approximate surface area is 120 Å². The maximum absolute atomic E-state index is 6.08. The zero-order valence-corrected chi connectivity index (χ0v) is 12.2. The lowest BCUT2D eigenvalue weighted by molar-refractivity contribution is -0.140. The molecule has 2 saturated heterocycles. The average Bonchev–Trinajstić information content (AvgIpc) is 2.47. The van der Waals surface area contributed by atoms with E-state index in [0.717, 1.165) is 52.0 Å². The van der Waals surface area contributed by atoms with Crippen LogP contribution in [0.3, 0.4) is 0 Å². The predicted octanol–water partition coefficient (Wildman–Crippen LogP) is 2.21. The number of ether oxygens (including phenoxy) is 2. The van der Waals surface area contributed by atoms with Crippen LogP contribution in [0.15, 0.2) is 18.5 Å². The van der Waals surface area contributed by atoms with E-state index in [4.69, 9.17) is 9.47 Å². The molecule has 0 amide bonds. The highest BCUT2D eigenvalue weighted by Crippen LogP contribution is 2.34. The third kappa shape index (κ3) is 3.19. The van der Waals surface area contributed by atoms with Crippen molar-refractivity contribution >= 4 is 0 Å². The Hall–Kier alpha value is -0.970. The monoisotopic (exact) mass is 276 g/mol. The highest BCUT2D eigenvalue weighted by Gasteiger charge is 2.38. The summed E-state index contributed by atoms with van der Waals surface area (Å²) in [7, 11) is 0. The SMILES string of the molecule is Cc1ccncc1CNC1CCOC2(CCOCC2)C1. The first-order valence-corrected chi connectivity index (χ1v) is 7.62. The van der Waals surface area contributed by atoms with Gasteiger partial charge in [-0.1, -0.05) is 0 Å². The fourth-order valence-corrected chi connectivity index (χ4v) is 3.23. The molecule has 1 aromatic rings. The smallest absolute Gasteiger partial charge is 0.0741 e. The van der Waals surface area contributed by atoms with Crippen molar-refractivity contribution in [1.82, 2.24) is 10.3 Å². The Morgan fingerprint density at radius 2 is 2.20 bits per heavy atom. The number of aromatic nitrogens is 1. The largest absolute Gasteiger partial charge is 0.381 e. The van der Waals surface area contributed by atoms with Crippen LogP contribution in [0.2, 0.25) is 0 Å². The standard InChI is InChI=1S/C16H24N2O2/c1-13-2-6-17-11-14(13)12-18-15-3-7-20-16(10-15)4-8-19-9-5-16/h2,6,11,15,18H,3-5,7-10,12H2,1H3. The summed E-state index contributed by atoms with van der Waals surface area (Å²) in [5, 5.41) is 3.69. The molecule has 2 aliphatic heterocycles. The Balaban J connectivity index is 1.56. The van der Waals surface area contributed by atoms with Crippen molar-refractivity contribution in [3.05, 3.63) is 29.6 Å². The lowest BCUT2D eigenvalue weighted by atomic mass is 9.84. The molecule has 0 aliphatic carbocycles. The summed E-state index contributed by atoms with van der Waals surface area (Å²) in [5.41, 5.74) is 2.67. The molecule has 4 heteroatoms. The third-order valence-electron chi connectivity index (χ3n) is 4.63. The van der Waals surface area contributed by atoms with Gasteiger partial charge in [0.05, 0.1) is 5.60 Å². The molecule has 1 aromatic heterocycles. The molecule has 0 aromatic carbocycles. The van der Waals surface area contributed by atoms with Gasteiger partial charge in [0.1, 0.15) is 0 Å². The van der Waals surface area contributed by atoms with E-state index < -0.39 is 0 Å². The summed E-state index contributed by atoms with van der Waals surface area (Å²) >= 11 is 0. The van der Waals surface area contributed by atoms with Crippen LogP contribution in [-0.4, -0.2) is 36.4 Å². The van der Waals surface area contributed by atoms with Gasteiger partial charge in [-0.3, -0.25) is 4.98 Å². The van der Waals surface area contributed by atoms with Crippen LogP contribution >= 0.6 is 0 Å². The van der Waals surface area contributed by atoms with Gasteiger partial charge in [-0.25, -0.2) is 0 Å². The summed E-state index contributed by atoms with van der Waals surface area (Å²) < 4.78 is 11.5. The summed E-state index contributed by atoms with van der Waals surface area (Å²) in [6, 6.07) is 2.61. The van der Waals surface area contributed by atoms with E-state index in [-0.39, 0.29) is 5.60 Å². The molecule has 4 nitrogen and oxygen atoms in total. The average molecular weight is 276 g/mol. The number of rotatable bonds is 3. The van der Waals surface area contributed by atoms with E-state index >= 15 is 0 Å². The van der Waals surface area contributed by atoms with E-state index in [2.05, 4.69) is 23.3 Å². The Morgan fingerprint density at radius 3 is 3.00 bits per heavy atom. The van der Waals surface area contributed by atoms with Gasteiger partial charge in [0, 0.05) is 44.8 Å². The summed E-state index contributed by atoms with van der Waals surface area (Å²) in [4.78, 5) is 4.21. The fraction of sp³-hybridized carbons (Fsp3) is 0.688. The van der Waals surface area contributed by atoms with Crippen LogP contribution in [0, 0.1) is 6.92 Å². The van der Waals surface area contributed by atoms with Crippen LogP contribution in [0.4, 0.5) is 0 Å². The van der Waals surface area contributed by atoms with Crippen LogP contribution in [-0.2, 0) is 16.0 Å². The van der Waals surface area contributed by atoms with Crippen LogP contribution < -0.4 is 5.32 Å². The summed E-state index contributed by atoms with van der Waals surface area (Å²) in [6.45, 7) is 5.59. The number of nitrogens with one attached hydrogen (secondary N) is 1. The van der Waals surface area contributed by atoms with Gasteiger partial charge in [-0.05, 0) is 49.8 Å². The Morgan fingerprint density at radius 1 is 1.35 bits per heavy atom. The van der Waals surface area contributed by atoms with Crippen molar-refractivity contribution in [3.63, 3.8) is 0 Å². The molecule has 2 aliphatic rings. The first-order valence-electron chi connectivity index (χ1n) is 7.62. The van der Waals surface area contributed by atoms with Crippen molar-refractivity contribution in [2.75, 3.05) is 19.8 Å². The number of hydrogen-bond donors (Lipinski definition) is 1. The van der Waals surface area contributed by atoms with Crippen molar-refractivity contribution < 1.29 is 9.47 Å². The summed E-state index contributed by atoms with van der Waals surface area (Å²) in [5.74, 6) is 0. The maximum Gasteiger partial charge on any atom is 0.0741 e. The molecule has 1 spiro atoms. The first-order chi connectivity index (χ1) is 9.77. The van der Waals surface area contributed by atoms with Gasteiger partial charge in [-0.15, -0.1) is 0 Å². The minimum Gasteiger partial charge on any atom is -0.381 e. The minimum atomic E-state index is 0.0676. The highest BCUT2D eigenvalue weighted by molar-refractivity contribution is 5.21. The third-order valence-corrected chi connectivity index (χ3v) is 4.63. The molecule has 110 valence electrons. The summed E-state index contributed by atoms with van der Waals surface area (Å²) in [6.07, 6.45) is 8.10. The number of aryl methyl sites for hydroxylation is 1. The van der Waals surface area contributed by atoms with Crippen molar-refractivity contribution in [2.45, 2.75) is 50.8 Å². The van der Waals surface area contributed by atoms with E-state index in [0.29, 0.717) is 6.04 Å². The zero-order chi connectivity index (χ0) is 13.8. The molecule has 0 bridgehead atoms. The van der Waals surface area contributed by atoms with Gasteiger partial charge in [0.2, 0.25) is 0 Å². The second kappa shape index (κ2) is 6.20. The van der Waals surface area contributed by atoms with Gasteiger partial charge >= 0.3 is 0 Å². The molecule has 2 fully saturated rings. The molecule has 3 rings (SSSR count). The Bertz CT molecular complexity index is 438. The van der Waals surface area contributed by atoms with E-state index in [1.807, 2.05) is 12.4 Å². The number of pyridine rings is 1. The van der Waals surface area contributed by atoms with E-state index in [1.165, 1.54) is 11.1 Å².